The molecule has 2 rings (SSSR count). The maximum atomic E-state index is 6.01. The van der Waals surface area contributed by atoms with Crippen LogP contribution in [0.3, 0.4) is 0 Å². The molecule has 0 aromatic heterocycles. The van der Waals surface area contributed by atoms with Crippen molar-refractivity contribution < 1.29 is 4.74 Å². The second kappa shape index (κ2) is 7.03. The quantitative estimate of drug-likeness (QED) is 0.669. The van der Waals surface area contributed by atoms with Gasteiger partial charge in [-0.1, -0.05) is 19.1 Å². The fraction of sp³-hybridized carbons (Fsp3) is 0.533. The Bertz CT molecular complexity index is 453. The van der Waals surface area contributed by atoms with E-state index in [2.05, 4.69) is 27.8 Å². The molecule has 0 spiro atoms. The van der Waals surface area contributed by atoms with E-state index < -0.39 is 0 Å². The fourth-order valence-electron chi connectivity index (χ4n) is 2.39. The van der Waals surface area contributed by atoms with Gasteiger partial charge in [-0.3, -0.25) is 4.99 Å². The zero-order valence-corrected chi connectivity index (χ0v) is 12.4. The first-order valence-corrected chi connectivity index (χ1v) is 7.19. The van der Waals surface area contributed by atoms with Crippen LogP contribution in [0.4, 0.5) is 5.69 Å². The van der Waals surface area contributed by atoms with E-state index in [-0.39, 0.29) is 0 Å². The average Bonchev–Trinajstić information content (AvgIpc) is 2.52. The second-order valence-corrected chi connectivity index (χ2v) is 4.89. The standard InChI is InChI=1S/C15H24N4O/c1-3-8-17-15(16)19-11-9-18(10-12-19)13-6-4-5-7-14(13)20-2/h4-7H,3,8-12H2,1-2H3,(H2,16,17). The van der Waals surface area contributed by atoms with Gasteiger partial charge in [0.05, 0.1) is 12.8 Å². The first-order chi connectivity index (χ1) is 9.76. The van der Waals surface area contributed by atoms with E-state index in [9.17, 15) is 0 Å². The lowest BCUT2D eigenvalue weighted by atomic mass is 10.2. The predicted octanol–water partition coefficient (Wildman–Crippen LogP) is 1.54. The SMILES string of the molecule is CCCN=C(N)N1CCN(c2ccccc2OC)CC1. The third-order valence-electron chi connectivity index (χ3n) is 3.53. The van der Waals surface area contributed by atoms with Gasteiger partial charge >= 0.3 is 0 Å². The van der Waals surface area contributed by atoms with Gasteiger partial charge < -0.3 is 20.3 Å². The van der Waals surface area contributed by atoms with Crippen LogP contribution in [0.25, 0.3) is 0 Å². The molecule has 0 radical (unpaired) electrons. The van der Waals surface area contributed by atoms with Crippen molar-refractivity contribution in [3.8, 4) is 5.75 Å². The first kappa shape index (κ1) is 14.5. The lowest BCUT2D eigenvalue weighted by molar-refractivity contribution is 0.374. The van der Waals surface area contributed by atoms with Crippen LogP contribution in [0.15, 0.2) is 29.3 Å². The van der Waals surface area contributed by atoms with Crippen molar-refractivity contribution in [2.75, 3.05) is 44.7 Å². The van der Waals surface area contributed by atoms with E-state index in [1.54, 1.807) is 7.11 Å². The zero-order valence-electron chi connectivity index (χ0n) is 12.4. The van der Waals surface area contributed by atoms with Crippen LogP contribution in [0.1, 0.15) is 13.3 Å². The van der Waals surface area contributed by atoms with Gasteiger partial charge in [-0.25, -0.2) is 0 Å². The summed E-state index contributed by atoms with van der Waals surface area (Å²) < 4.78 is 5.42. The van der Waals surface area contributed by atoms with Crippen LogP contribution >= 0.6 is 0 Å². The third kappa shape index (κ3) is 3.35. The van der Waals surface area contributed by atoms with Crippen LogP contribution in [0, 0.1) is 0 Å². The molecule has 2 N–H and O–H groups in total. The summed E-state index contributed by atoms with van der Waals surface area (Å²) in [4.78, 5) is 8.87. The van der Waals surface area contributed by atoms with E-state index in [4.69, 9.17) is 10.5 Å². The molecular formula is C15H24N4O. The Kier molecular flexibility index (Phi) is 5.09. The van der Waals surface area contributed by atoms with E-state index in [0.717, 1.165) is 50.6 Å². The number of piperazine rings is 1. The minimum absolute atomic E-state index is 0.673. The number of hydrogen-bond donors (Lipinski definition) is 1. The number of benzene rings is 1. The molecule has 110 valence electrons. The molecule has 0 amide bonds. The van der Waals surface area contributed by atoms with Gasteiger partial charge in [-0.15, -0.1) is 0 Å². The van der Waals surface area contributed by atoms with Gasteiger partial charge in [0.2, 0.25) is 0 Å². The molecule has 1 aromatic rings. The number of para-hydroxylation sites is 2. The number of guanidine groups is 1. The first-order valence-electron chi connectivity index (χ1n) is 7.19. The van der Waals surface area contributed by atoms with Crippen LogP contribution in [-0.4, -0.2) is 50.7 Å². The number of nitrogens with two attached hydrogens (primary N) is 1. The molecular weight excluding hydrogens is 252 g/mol. The van der Waals surface area contributed by atoms with Crippen molar-refractivity contribution in [3.05, 3.63) is 24.3 Å². The van der Waals surface area contributed by atoms with Crippen LogP contribution in [-0.2, 0) is 0 Å². The Labute approximate surface area is 121 Å². The third-order valence-corrected chi connectivity index (χ3v) is 3.53. The monoisotopic (exact) mass is 276 g/mol. The molecule has 0 bridgehead atoms. The molecule has 1 heterocycles. The highest BCUT2D eigenvalue weighted by molar-refractivity contribution is 5.78. The molecule has 1 saturated heterocycles. The Balaban J connectivity index is 1.97. The summed E-state index contributed by atoms with van der Waals surface area (Å²) in [5, 5.41) is 0. The molecule has 0 unspecified atom stereocenters. The summed E-state index contributed by atoms with van der Waals surface area (Å²) in [5.41, 5.74) is 7.16. The summed E-state index contributed by atoms with van der Waals surface area (Å²) in [6.45, 7) is 6.58. The Hall–Kier alpha value is -1.91. The molecule has 20 heavy (non-hydrogen) atoms. The van der Waals surface area contributed by atoms with Gasteiger partial charge in [0.1, 0.15) is 5.75 Å². The lowest BCUT2D eigenvalue weighted by Crippen LogP contribution is -2.51. The minimum Gasteiger partial charge on any atom is -0.495 e. The maximum absolute atomic E-state index is 6.01. The molecule has 0 saturated carbocycles. The summed E-state index contributed by atoms with van der Waals surface area (Å²) in [5.74, 6) is 1.60. The molecule has 1 aliphatic heterocycles. The molecule has 5 nitrogen and oxygen atoms in total. The summed E-state index contributed by atoms with van der Waals surface area (Å²) in [6.07, 6.45) is 1.03. The smallest absolute Gasteiger partial charge is 0.191 e. The van der Waals surface area contributed by atoms with Gasteiger partial charge in [0.25, 0.3) is 0 Å². The predicted molar refractivity (Wildman–Crippen MR) is 83.6 cm³/mol. The van der Waals surface area contributed by atoms with Crippen molar-refractivity contribution >= 4 is 11.6 Å². The van der Waals surface area contributed by atoms with Crippen molar-refractivity contribution in [1.29, 1.82) is 0 Å². The van der Waals surface area contributed by atoms with Crippen molar-refractivity contribution in [3.63, 3.8) is 0 Å². The largest absolute Gasteiger partial charge is 0.495 e. The second-order valence-electron chi connectivity index (χ2n) is 4.89. The summed E-state index contributed by atoms with van der Waals surface area (Å²) in [6, 6.07) is 8.14. The topological polar surface area (TPSA) is 54.1 Å². The van der Waals surface area contributed by atoms with E-state index >= 15 is 0 Å². The van der Waals surface area contributed by atoms with Crippen molar-refractivity contribution in [2.45, 2.75) is 13.3 Å². The van der Waals surface area contributed by atoms with Crippen molar-refractivity contribution in [2.24, 2.45) is 10.7 Å². The molecule has 1 aliphatic rings. The van der Waals surface area contributed by atoms with Crippen LogP contribution in [0.2, 0.25) is 0 Å². The fourth-order valence-corrected chi connectivity index (χ4v) is 2.39. The number of ether oxygens (including phenoxy) is 1. The lowest BCUT2D eigenvalue weighted by Gasteiger charge is -2.37. The highest BCUT2D eigenvalue weighted by atomic mass is 16.5. The number of nitrogens with zero attached hydrogens (tertiary/aromatic N) is 3. The highest BCUT2D eigenvalue weighted by Gasteiger charge is 2.20. The molecule has 5 heteroatoms. The van der Waals surface area contributed by atoms with Crippen LogP contribution < -0.4 is 15.4 Å². The Morgan fingerprint density at radius 3 is 2.60 bits per heavy atom. The van der Waals surface area contributed by atoms with E-state index in [0.29, 0.717) is 5.96 Å². The molecule has 1 aromatic carbocycles. The molecule has 0 atom stereocenters. The van der Waals surface area contributed by atoms with Crippen LogP contribution in [0.5, 0.6) is 5.75 Å². The highest BCUT2D eigenvalue weighted by Crippen LogP contribution is 2.28. The van der Waals surface area contributed by atoms with Gasteiger partial charge in [0, 0.05) is 32.7 Å². The molecule has 0 aliphatic carbocycles. The van der Waals surface area contributed by atoms with Gasteiger partial charge in [0.15, 0.2) is 5.96 Å². The van der Waals surface area contributed by atoms with Gasteiger partial charge in [-0.05, 0) is 18.6 Å². The molecule has 1 fully saturated rings. The Morgan fingerprint density at radius 2 is 1.95 bits per heavy atom. The number of rotatable bonds is 4. The average molecular weight is 276 g/mol. The van der Waals surface area contributed by atoms with Crippen molar-refractivity contribution in [1.82, 2.24) is 4.90 Å². The minimum atomic E-state index is 0.673. The van der Waals surface area contributed by atoms with Gasteiger partial charge in [-0.2, -0.15) is 0 Å². The number of aliphatic imine (C=N–C) groups is 1. The van der Waals surface area contributed by atoms with E-state index in [1.165, 1.54) is 0 Å². The summed E-state index contributed by atoms with van der Waals surface area (Å²) >= 11 is 0. The normalized spacial score (nSPS) is 16.4. The Morgan fingerprint density at radius 1 is 1.25 bits per heavy atom. The number of methoxy groups -OCH3 is 1. The maximum Gasteiger partial charge on any atom is 0.191 e. The number of anilines is 1. The zero-order chi connectivity index (χ0) is 14.4. The number of hydrogen-bond acceptors (Lipinski definition) is 3. The van der Waals surface area contributed by atoms with E-state index in [1.807, 2.05) is 18.2 Å². The summed E-state index contributed by atoms with van der Waals surface area (Å²) in [7, 11) is 1.71.